The van der Waals surface area contributed by atoms with Gasteiger partial charge in [0.1, 0.15) is 15.9 Å². The molecule has 0 saturated carbocycles. The summed E-state index contributed by atoms with van der Waals surface area (Å²) >= 11 is 6.32. The van der Waals surface area contributed by atoms with Gasteiger partial charge in [-0.05, 0) is 43.7 Å². The number of nitrogens with one attached hydrogen (secondary N) is 1. The van der Waals surface area contributed by atoms with Gasteiger partial charge in [-0.1, -0.05) is 42.2 Å². The molecule has 10 heteroatoms. The average molecular weight is 551 g/mol. The largest absolute Gasteiger partial charge is 0.497 e. The van der Waals surface area contributed by atoms with Crippen molar-refractivity contribution in [3.63, 3.8) is 0 Å². The van der Waals surface area contributed by atoms with E-state index >= 15 is 0 Å². The highest BCUT2D eigenvalue weighted by atomic mass is 32.2. The van der Waals surface area contributed by atoms with E-state index in [4.69, 9.17) is 17.0 Å². The van der Waals surface area contributed by atoms with Gasteiger partial charge in [0.25, 0.3) is 11.8 Å². The summed E-state index contributed by atoms with van der Waals surface area (Å²) in [5, 5.41) is 2.64. The van der Waals surface area contributed by atoms with E-state index in [0.29, 0.717) is 38.3 Å². The lowest BCUT2D eigenvalue weighted by Crippen LogP contribution is -2.49. The molecule has 0 aliphatic carbocycles. The van der Waals surface area contributed by atoms with E-state index in [0.717, 1.165) is 54.8 Å². The Kier molecular flexibility index (Phi) is 6.08. The van der Waals surface area contributed by atoms with Gasteiger partial charge in [0, 0.05) is 43.9 Å². The minimum Gasteiger partial charge on any atom is -0.497 e. The highest BCUT2D eigenvalue weighted by molar-refractivity contribution is 8.27. The van der Waals surface area contributed by atoms with Crippen LogP contribution in [0.15, 0.2) is 47.4 Å². The van der Waals surface area contributed by atoms with Crippen LogP contribution in [-0.4, -0.2) is 66.4 Å². The third-order valence-electron chi connectivity index (χ3n) is 7.48. The molecule has 4 aliphatic rings. The van der Waals surface area contributed by atoms with Gasteiger partial charge in [-0.25, -0.2) is 4.39 Å². The number of thioether (sulfide) groups is 1. The Labute approximate surface area is 230 Å². The quantitative estimate of drug-likeness (QED) is 0.456. The molecule has 0 bridgehead atoms. The van der Waals surface area contributed by atoms with Gasteiger partial charge < -0.3 is 15.0 Å². The van der Waals surface area contributed by atoms with Crippen LogP contribution in [0.1, 0.15) is 25.0 Å². The molecule has 1 N–H and O–H groups in total. The summed E-state index contributed by atoms with van der Waals surface area (Å²) in [4.78, 5) is 33.1. The second kappa shape index (κ2) is 9.21. The van der Waals surface area contributed by atoms with Crippen molar-refractivity contribution in [3.05, 3.63) is 64.3 Å². The highest BCUT2D eigenvalue weighted by Gasteiger charge is 2.48. The van der Waals surface area contributed by atoms with Crippen molar-refractivity contribution in [2.45, 2.75) is 19.4 Å². The molecule has 0 aromatic heterocycles. The van der Waals surface area contributed by atoms with Crippen molar-refractivity contribution >= 4 is 62.6 Å². The molecular formula is C28H27FN4O3S2. The topological polar surface area (TPSA) is 65.1 Å². The fraction of sp³-hybridized carbons (Fsp3) is 0.321. The first-order chi connectivity index (χ1) is 18.2. The molecule has 0 spiro atoms. The monoisotopic (exact) mass is 550 g/mol. The zero-order chi connectivity index (χ0) is 26.8. The van der Waals surface area contributed by atoms with Gasteiger partial charge in [-0.3, -0.25) is 19.4 Å². The van der Waals surface area contributed by atoms with Crippen LogP contribution >= 0.6 is 24.0 Å². The van der Waals surface area contributed by atoms with Crippen LogP contribution in [-0.2, 0) is 9.59 Å². The Hall–Kier alpha value is -3.21. The maximum absolute atomic E-state index is 14.3. The second-order valence-corrected chi connectivity index (χ2v) is 12.0. The number of hydrogen-bond acceptors (Lipinski definition) is 7. The molecule has 2 aromatic carbocycles. The molecule has 0 atom stereocenters. The summed E-state index contributed by atoms with van der Waals surface area (Å²) in [6, 6.07) is 10.7. The van der Waals surface area contributed by atoms with Crippen molar-refractivity contribution in [1.82, 2.24) is 10.2 Å². The number of piperazine rings is 1. The van der Waals surface area contributed by atoms with E-state index in [1.807, 2.05) is 38.1 Å². The lowest BCUT2D eigenvalue weighted by Gasteiger charge is -2.41. The standard InChI is InChI=1S/C28H27FN4O3S2/c1-28(2)14-16(15-31-8-10-32(11-9-31)21-7-5-4-6-20(21)29)18-12-17(36-3)13-19-22(26(35)33(28)23(18)19)24-25(34)30-27(37)38-24/h4-7,12-14H,8-11,15H2,1-3H3,(H,30,34,37). The predicted molar refractivity (Wildman–Crippen MR) is 153 cm³/mol. The van der Waals surface area contributed by atoms with Crippen LogP contribution in [0.5, 0.6) is 5.75 Å². The summed E-state index contributed by atoms with van der Waals surface area (Å²) in [6.45, 7) is 7.72. The average Bonchev–Trinajstić information content (AvgIpc) is 3.37. The van der Waals surface area contributed by atoms with E-state index in [1.54, 1.807) is 18.1 Å². The molecule has 2 aromatic rings. The Morgan fingerprint density at radius 3 is 2.47 bits per heavy atom. The molecule has 6 rings (SSSR count). The number of anilines is 2. The van der Waals surface area contributed by atoms with Crippen LogP contribution < -0.4 is 19.9 Å². The van der Waals surface area contributed by atoms with E-state index in [-0.39, 0.29) is 17.6 Å². The Morgan fingerprint density at radius 2 is 1.82 bits per heavy atom. The number of rotatable bonds is 4. The Morgan fingerprint density at radius 1 is 1.11 bits per heavy atom. The van der Waals surface area contributed by atoms with Gasteiger partial charge in [0.2, 0.25) is 0 Å². The molecule has 2 amide bonds. The molecule has 38 heavy (non-hydrogen) atoms. The molecule has 2 fully saturated rings. The fourth-order valence-corrected chi connectivity index (χ4v) is 6.89. The van der Waals surface area contributed by atoms with Crippen LogP contribution in [0.25, 0.3) is 11.1 Å². The molecule has 0 unspecified atom stereocenters. The normalized spacial score (nSPS) is 22.5. The lowest BCUT2D eigenvalue weighted by molar-refractivity contribution is -0.116. The van der Waals surface area contributed by atoms with Crippen LogP contribution in [0.4, 0.5) is 15.8 Å². The predicted octanol–water partition coefficient (Wildman–Crippen LogP) is 4.04. The third kappa shape index (κ3) is 4.02. The minimum absolute atomic E-state index is 0.200. The van der Waals surface area contributed by atoms with Crippen LogP contribution in [0.3, 0.4) is 0 Å². The number of benzene rings is 2. The van der Waals surface area contributed by atoms with Gasteiger partial charge >= 0.3 is 0 Å². The van der Waals surface area contributed by atoms with E-state index < -0.39 is 5.54 Å². The maximum atomic E-state index is 14.3. The first kappa shape index (κ1) is 25.1. The smallest absolute Gasteiger partial charge is 0.264 e. The molecule has 7 nitrogen and oxygen atoms in total. The van der Waals surface area contributed by atoms with Gasteiger partial charge in [0.05, 0.1) is 34.5 Å². The van der Waals surface area contributed by atoms with Crippen molar-refractivity contribution in [2.75, 3.05) is 49.6 Å². The summed E-state index contributed by atoms with van der Waals surface area (Å²) in [7, 11) is 1.60. The number of carbonyl (C=O) groups excluding carboxylic acids is 2. The number of para-hydroxylation sites is 1. The zero-order valence-corrected chi connectivity index (χ0v) is 23.0. The maximum Gasteiger partial charge on any atom is 0.264 e. The van der Waals surface area contributed by atoms with Crippen molar-refractivity contribution in [1.29, 1.82) is 0 Å². The molecule has 2 saturated heterocycles. The van der Waals surface area contributed by atoms with Crippen molar-refractivity contribution in [3.8, 4) is 5.75 Å². The zero-order valence-electron chi connectivity index (χ0n) is 21.3. The number of halogens is 1. The first-order valence-electron chi connectivity index (χ1n) is 12.5. The number of methoxy groups -OCH3 is 1. The molecule has 196 valence electrons. The van der Waals surface area contributed by atoms with Crippen LogP contribution in [0, 0.1) is 5.82 Å². The first-order valence-corrected chi connectivity index (χ1v) is 13.7. The van der Waals surface area contributed by atoms with Gasteiger partial charge in [0.15, 0.2) is 0 Å². The van der Waals surface area contributed by atoms with E-state index in [2.05, 4.69) is 21.2 Å². The van der Waals surface area contributed by atoms with Crippen LogP contribution in [0.2, 0.25) is 0 Å². The minimum atomic E-state index is -0.611. The highest BCUT2D eigenvalue weighted by Crippen LogP contribution is 2.52. The number of carbonyl (C=O) groups is 2. The fourth-order valence-electron chi connectivity index (χ4n) is 5.77. The number of thiocarbonyl (C=S) groups is 1. The molecule has 0 radical (unpaired) electrons. The van der Waals surface area contributed by atoms with E-state index in [9.17, 15) is 14.0 Å². The SMILES string of the molecule is COc1cc2c3c(c1)C(=C1SC(=S)NC1=O)C(=O)N3C(C)(C)C=C2CN1CCN(c2ccccc2F)CC1. The number of ether oxygens (including phenoxy) is 1. The third-order valence-corrected chi connectivity index (χ3v) is 8.71. The molecule has 4 heterocycles. The Balaban J connectivity index is 1.35. The van der Waals surface area contributed by atoms with Gasteiger partial charge in [-0.2, -0.15) is 0 Å². The Bertz CT molecular complexity index is 1460. The summed E-state index contributed by atoms with van der Waals surface area (Å²) < 4.78 is 20.3. The number of nitrogens with zero attached hydrogens (tertiary/aromatic N) is 3. The number of hydrogen-bond donors (Lipinski definition) is 1. The molecule has 4 aliphatic heterocycles. The summed E-state index contributed by atoms with van der Waals surface area (Å²) in [6.07, 6.45) is 2.14. The van der Waals surface area contributed by atoms with Gasteiger partial charge in [-0.15, -0.1) is 0 Å². The molecular weight excluding hydrogens is 523 g/mol. The van der Waals surface area contributed by atoms with E-state index in [1.165, 1.54) is 6.07 Å². The second-order valence-electron chi connectivity index (χ2n) is 10.3. The van der Waals surface area contributed by atoms with Crippen molar-refractivity contribution < 1.29 is 18.7 Å². The number of amides is 2. The summed E-state index contributed by atoms with van der Waals surface area (Å²) in [5.41, 5.74) is 3.90. The van der Waals surface area contributed by atoms with Crippen molar-refractivity contribution in [2.24, 2.45) is 0 Å². The lowest BCUT2D eigenvalue weighted by atomic mass is 9.87. The summed E-state index contributed by atoms with van der Waals surface area (Å²) in [5.74, 6) is -0.143.